The van der Waals surface area contributed by atoms with Gasteiger partial charge in [0.2, 0.25) is 0 Å². The monoisotopic (exact) mass is 341 g/mol. The van der Waals surface area contributed by atoms with Crippen molar-refractivity contribution in [2.24, 2.45) is 5.73 Å². The van der Waals surface area contributed by atoms with Gasteiger partial charge in [0.1, 0.15) is 0 Å². The summed E-state index contributed by atoms with van der Waals surface area (Å²) in [6.45, 7) is 7.18. The van der Waals surface area contributed by atoms with E-state index in [1.807, 2.05) is 0 Å². The molecule has 0 radical (unpaired) electrons. The molecule has 2 heterocycles. The fourth-order valence-electron chi connectivity index (χ4n) is 2.17. The molecule has 0 aromatic carbocycles. The van der Waals surface area contributed by atoms with Crippen molar-refractivity contribution < 1.29 is 0 Å². The minimum absolute atomic E-state index is 0.228. The van der Waals surface area contributed by atoms with Crippen molar-refractivity contribution in [3.63, 3.8) is 0 Å². The van der Waals surface area contributed by atoms with Gasteiger partial charge in [-0.1, -0.05) is 6.92 Å². The summed E-state index contributed by atoms with van der Waals surface area (Å²) in [6.07, 6.45) is 1.92. The molecule has 0 saturated carbocycles. The van der Waals surface area contributed by atoms with Crippen LogP contribution >= 0.6 is 27.3 Å². The quantitative estimate of drug-likeness (QED) is 0.901. The van der Waals surface area contributed by atoms with Gasteiger partial charge in [-0.3, -0.25) is 4.68 Å². The normalized spacial score (nSPS) is 12.9. The number of aryl methyl sites for hydroxylation is 1. The Hall–Kier alpha value is -0.650. The number of hydrogen-bond donors (Lipinski definition) is 1. The molecule has 2 N–H and O–H groups in total. The average molecular weight is 342 g/mol. The van der Waals surface area contributed by atoms with E-state index < -0.39 is 0 Å². The first-order valence-electron chi connectivity index (χ1n) is 6.52. The second-order valence-electron chi connectivity index (χ2n) is 4.91. The van der Waals surface area contributed by atoms with Crippen LogP contribution in [0.4, 0.5) is 0 Å². The summed E-state index contributed by atoms with van der Waals surface area (Å²) < 4.78 is 3.23. The van der Waals surface area contributed by atoms with Crippen molar-refractivity contribution in [2.45, 2.75) is 46.2 Å². The number of aromatic nitrogens is 2. The first-order valence-corrected chi connectivity index (χ1v) is 8.19. The number of halogens is 1. The second-order valence-corrected chi connectivity index (χ2v) is 6.82. The largest absolute Gasteiger partial charge is 0.327 e. The Morgan fingerprint density at radius 3 is 2.79 bits per heavy atom. The van der Waals surface area contributed by atoms with Gasteiger partial charge in [-0.15, -0.1) is 11.3 Å². The van der Waals surface area contributed by atoms with E-state index in [4.69, 9.17) is 5.73 Å². The molecular weight excluding hydrogens is 322 g/mol. The maximum atomic E-state index is 6.07. The van der Waals surface area contributed by atoms with Crippen LogP contribution in [0.1, 0.15) is 35.2 Å². The van der Waals surface area contributed by atoms with Gasteiger partial charge in [0, 0.05) is 26.5 Å². The van der Waals surface area contributed by atoms with Crippen LogP contribution in [0.5, 0.6) is 0 Å². The van der Waals surface area contributed by atoms with E-state index in [1.54, 1.807) is 11.3 Å². The first kappa shape index (κ1) is 14.8. The average Bonchev–Trinajstić information content (AvgIpc) is 2.88. The predicted octanol–water partition coefficient (Wildman–Crippen LogP) is 3.65. The molecule has 3 nitrogen and oxygen atoms in total. The Kier molecular flexibility index (Phi) is 4.81. The van der Waals surface area contributed by atoms with Crippen molar-refractivity contribution in [3.05, 3.63) is 37.7 Å². The van der Waals surface area contributed by atoms with Gasteiger partial charge in [0.05, 0.1) is 12.2 Å². The van der Waals surface area contributed by atoms with E-state index in [1.165, 1.54) is 16.1 Å². The summed E-state index contributed by atoms with van der Waals surface area (Å²) in [4.78, 5) is 1.31. The van der Waals surface area contributed by atoms with Crippen molar-refractivity contribution in [1.82, 2.24) is 9.78 Å². The smallest absolute Gasteiger partial charge is 0.0755 e. The maximum absolute atomic E-state index is 6.07. The number of hydrogen-bond acceptors (Lipinski definition) is 3. The highest BCUT2D eigenvalue weighted by molar-refractivity contribution is 9.10. The molecule has 5 heteroatoms. The van der Waals surface area contributed by atoms with Crippen molar-refractivity contribution in [2.75, 3.05) is 0 Å². The van der Waals surface area contributed by atoms with Crippen LogP contribution in [0.15, 0.2) is 15.9 Å². The number of nitrogens with two attached hydrogens (primary N) is 1. The molecule has 0 saturated heterocycles. The van der Waals surface area contributed by atoms with Crippen molar-refractivity contribution in [3.8, 4) is 0 Å². The topological polar surface area (TPSA) is 43.8 Å². The highest BCUT2D eigenvalue weighted by Crippen LogP contribution is 2.22. The first-order chi connectivity index (χ1) is 9.01. The third-order valence-corrected chi connectivity index (χ3v) is 5.13. The molecule has 2 aromatic rings. The lowest BCUT2D eigenvalue weighted by Gasteiger charge is -2.09. The zero-order valence-electron chi connectivity index (χ0n) is 11.6. The molecule has 0 bridgehead atoms. The minimum Gasteiger partial charge on any atom is -0.327 e. The fraction of sp³-hybridized carbons (Fsp3) is 0.500. The van der Waals surface area contributed by atoms with Crippen LogP contribution in [-0.2, 0) is 13.0 Å². The van der Waals surface area contributed by atoms with E-state index in [2.05, 4.69) is 57.9 Å². The highest BCUT2D eigenvalue weighted by Gasteiger charge is 2.14. The van der Waals surface area contributed by atoms with Crippen LogP contribution < -0.4 is 5.73 Å². The van der Waals surface area contributed by atoms with Gasteiger partial charge in [0.15, 0.2) is 0 Å². The van der Waals surface area contributed by atoms with E-state index >= 15 is 0 Å². The number of rotatable bonds is 5. The molecule has 0 aliphatic carbocycles. The zero-order chi connectivity index (χ0) is 14.0. The lowest BCUT2D eigenvalue weighted by Crippen LogP contribution is -2.22. The minimum atomic E-state index is 0.228. The lowest BCUT2D eigenvalue weighted by atomic mass is 10.0. The summed E-state index contributed by atoms with van der Waals surface area (Å²) in [7, 11) is 0. The molecule has 1 unspecified atom stereocenters. The van der Waals surface area contributed by atoms with Crippen LogP contribution in [0.25, 0.3) is 0 Å². The van der Waals surface area contributed by atoms with Crippen LogP contribution in [0, 0.1) is 13.8 Å². The molecule has 0 aliphatic rings. The van der Waals surface area contributed by atoms with Crippen LogP contribution in [-0.4, -0.2) is 15.8 Å². The lowest BCUT2D eigenvalue weighted by molar-refractivity contribution is 0.637. The van der Waals surface area contributed by atoms with Crippen LogP contribution in [0.2, 0.25) is 0 Å². The Balaban J connectivity index is 2.20. The van der Waals surface area contributed by atoms with Crippen LogP contribution in [0.3, 0.4) is 0 Å². The number of nitrogens with zero attached hydrogens (tertiary/aromatic N) is 2. The molecule has 1 atom stereocenters. The molecule has 0 spiro atoms. The predicted molar refractivity (Wildman–Crippen MR) is 84.8 cm³/mol. The third-order valence-electron chi connectivity index (χ3n) is 3.45. The Bertz CT molecular complexity index is 559. The standard InChI is InChI=1S/C14H20BrN3S/c1-4-12(16)6-14-9(2)17-18(10(14)3)7-13-5-11(15)8-19-13/h5,8,12H,4,6-7,16H2,1-3H3. The maximum Gasteiger partial charge on any atom is 0.0755 e. The summed E-state index contributed by atoms with van der Waals surface area (Å²) in [5, 5.41) is 6.76. The molecule has 0 fully saturated rings. The molecule has 104 valence electrons. The molecule has 19 heavy (non-hydrogen) atoms. The van der Waals surface area contributed by atoms with E-state index in [9.17, 15) is 0 Å². The second kappa shape index (κ2) is 6.20. The summed E-state index contributed by atoms with van der Waals surface area (Å²) in [6, 6.07) is 2.38. The van der Waals surface area contributed by atoms with Gasteiger partial charge in [-0.2, -0.15) is 5.10 Å². The van der Waals surface area contributed by atoms with Gasteiger partial charge in [-0.25, -0.2) is 0 Å². The highest BCUT2D eigenvalue weighted by atomic mass is 79.9. The third kappa shape index (κ3) is 3.46. The van der Waals surface area contributed by atoms with Gasteiger partial charge in [-0.05, 0) is 54.2 Å². The SMILES string of the molecule is CCC(N)Cc1c(C)nn(Cc2cc(Br)cs2)c1C. The van der Waals surface area contributed by atoms with Gasteiger partial charge in [0.25, 0.3) is 0 Å². The van der Waals surface area contributed by atoms with Gasteiger partial charge < -0.3 is 5.73 Å². The van der Waals surface area contributed by atoms with E-state index in [-0.39, 0.29) is 6.04 Å². The zero-order valence-corrected chi connectivity index (χ0v) is 14.0. The van der Waals surface area contributed by atoms with Gasteiger partial charge >= 0.3 is 0 Å². The van der Waals surface area contributed by atoms with E-state index in [0.717, 1.165) is 29.6 Å². The van der Waals surface area contributed by atoms with Crippen molar-refractivity contribution in [1.29, 1.82) is 0 Å². The Morgan fingerprint density at radius 2 is 2.21 bits per heavy atom. The van der Waals surface area contributed by atoms with E-state index in [0.29, 0.717) is 0 Å². The summed E-state index contributed by atoms with van der Waals surface area (Å²) in [5.74, 6) is 0. The molecule has 0 amide bonds. The fourth-order valence-corrected chi connectivity index (χ4v) is 3.61. The molecular formula is C14H20BrN3S. The Morgan fingerprint density at radius 1 is 1.47 bits per heavy atom. The summed E-state index contributed by atoms with van der Waals surface area (Å²) >= 11 is 5.24. The summed E-state index contributed by atoms with van der Waals surface area (Å²) in [5.41, 5.74) is 9.73. The number of thiophene rings is 1. The molecule has 2 aromatic heterocycles. The van der Waals surface area contributed by atoms with Crippen molar-refractivity contribution >= 4 is 27.3 Å². The molecule has 0 aliphatic heterocycles. The molecule has 2 rings (SSSR count). The Labute approximate surface area is 126 Å².